The fraction of sp³-hybridized carbons (Fsp3) is 0.353. The Hall–Kier alpha value is -2.70. The molecular formula is C17H20FN5O. The molecule has 126 valence electrons. The van der Waals surface area contributed by atoms with Gasteiger partial charge in [-0.25, -0.2) is 14.2 Å². The van der Waals surface area contributed by atoms with Crippen molar-refractivity contribution in [1.29, 1.82) is 0 Å². The van der Waals surface area contributed by atoms with Gasteiger partial charge in [-0.15, -0.1) is 0 Å². The lowest BCUT2D eigenvalue weighted by Crippen LogP contribution is -2.46. The molecule has 6 nitrogen and oxygen atoms in total. The number of nitrogens with zero attached hydrogens (tertiary/aromatic N) is 4. The largest absolute Gasteiger partial charge is 0.334 e. The van der Waals surface area contributed by atoms with E-state index in [1.54, 1.807) is 28.0 Å². The van der Waals surface area contributed by atoms with E-state index in [2.05, 4.69) is 15.4 Å². The number of benzene rings is 1. The van der Waals surface area contributed by atoms with Crippen molar-refractivity contribution in [3.05, 3.63) is 54.4 Å². The van der Waals surface area contributed by atoms with Crippen LogP contribution < -0.4 is 5.32 Å². The number of rotatable bonds is 4. The first-order chi connectivity index (χ1) is 11.6. The van der Waals surface area contributed by atoms with Crippen LogP contribution in [-0.4, -0.2) is 44.8 Å². The van der Waals surface area contributed by atoms with Gasteiger partial charge < -0.3 is 10.2 Å². The summed E-state index contributed by atoms with van der Waals surface area (Å²) in [7, 11) is 0. The van der Waals surface area contributed by atoms with Gasteiger partial charge in [-0.3, -0.25) is 4.68 Å². The summed E-state index contributed by atoms with van der Waals surface area (Å²) >= 11 is 0. The first-order valence-electron chi connectivity index (χ1n) is 7.95. The highest BCUT2D eigenvalue weighted by Gasteiger charge is 2.20. The SMILES string of the molecule is CC(Cn1cncn1)NC(=O)N1CC=C(c2ccccc2F)CC1. The molecule has 1 aliphatic rings. The lowest BCUT2D eigenvalue weighted by Gasteiger charge is -2.28. The predicted molar refractivity (Wildman–Crippen MR) is 88.6 cm³/mol. The molecule has 7 heteroatoms. The van der Waals surface area contributed by atoms with Gasteiger partial charge in [-0.1, -0.05) is 24.3 Å². The minimum absolute atomic E-state index is 0.0591. The quantitative estimate of drug-likeness (QED) is 0.936. The molecule has 0 fully saturated rings. The Morgan fingerprint density at radius 1 is 1.42 bits per heavy atom. The standard InChI is InChI=1S/C17H20FN5O/c1-13(10-23-12-19-11-20-23)21-17(24)22-8-6-14(7-9-22)15-4-2-3-5-16(15)18/h2-6,11-13H,7-10H2,1H3,(H,21,24). The third-order valence-corrected chi connectivity index (χ3v) is 4.01. The molecule has 0 saturated heterocycles. The highest BCUT2D eigenvalue weighted by atomic mass is 19.1. The molecule has 2 aromatic rings. The van der Waals surface area contributed by atoms with E-state index in [4.69, 9.17) is 0 Å². The van der Waals surface area contributed by atoms with Crippen molar-refractivity contribution < 1.29 is 9.18 Å². The summed E-state index contributed by atoms with van der Waals surface area (Å²) in [5, 5.41) is 6.97. The fourth-order valence-corrected chi connectivity index (χ4v) is 2.78. The molecule has 0 radical (unpaired) electrons. The number of amides is 2. The van der Waals surface area contributed by atoms with E-state index in [-0.39, 0.29) is 17.9 Å². The molecule has 1 aromatic carbocycles. The van der Waals surface area contributed by atoms with Gasteiger partial charge in [0.25, 0.3) is 0 Å². The van der Waals surface area contributed by atoms with Crippen molar-refractivity contribution in [2.24, 2.45) is 0 Å². The summed E-state index contributed by atoms with van der Waals surface area (Å²) in [6, 6.07) is 6.56. The van der Waals surface area contributed by atoms with Crippen molar-refractivity contribution in [2.75, 3.05) is 13.1 Å². The molecule has 2 heterocycles. The van der Waals surface area contributed by atoms with Gasteiger partial charge in [-0.2, -0.15) is 5.10 Å². The Labute approximate surface area is 140 Å². The van der Waals surface area contributed by atoms with Gasteiger partial charge in [0.15, 0.2) is 0 Å². The minimum Gasteiger partial charge on any atom is -0.334 e. The van der Waals surface area contributed by atoms with E-state index in [1.165, 1.54) is 12.4 Å². The first kappa shape index (κ1) is 16.2. The highest BCUT2D eigenvalue weighted by molar-refractivity contribution is 5.77. The number of carbonyl (C=O) groups excluding carboxylic acids is 1. The van der Waals surface area contributed by atoms with Crippen LogP contribution in [0.15, 0.2) is 43.0 Å². The zero-order chi connectivity index (χ0) is 16.9. The molecule has 1 unspecified atom stereocenters. The summed E-state index contributed by atoms with van der Waals surface area (Å²) in [4.78, 5) is 17.9. The average molecular weight is 329 g/mol. The molecule has 1 aliphatic heterocycles. The first-order valence-corrected chi connectivity index (χ1v) is 7.95. The van der Waals surface area contributed by atoms with Gasteiger partial charge in [0.05, 0.1) is 6.54 Å². The van der Waals surface area contributed by atoms with Crippen LogP contribution in [0.1, 0.15) is 18.9 Å². The van der Waals surface area contributed by atoms with Crippen LogP contribution in [0.2, 0.25) is 0 Å². The topological polar surface area (TPSA) is 63.1 Å². The summed E-state index contributed by atoms with van der Waals surface area (Å²) in [6.07, 6.45) is 5.65. The third-order valence-electron chi connectivity index (χ3n) is 4.01. The van der Waals surface area contributed by atoms with E-state index in [9.17, 15) is 9.18 Å². The molecule has 2 amide bonds. The van der Waals surface area contributed by atoms with Gasteiger partial charge >= 0.3 is 6.03 Å². The highest BCUT2D eigenvalue weighted by Crippen LogP contribution is 2.24. The Morgan fingerprint density at radius 3 is 2.92 bits per heavy atom. The van der Waals surface area contributed by atoms with Crippen LogP contribution in [-0.2, 0) is 6.54 Å². The van der Waals surface area contributed by atoms with Crippen LogP contribution in [0.25, 0.3) is 5.57 Å². The Balaban J connectivity index is 1.55. The molecule has 1 N–H and O–H groups in total. The Bertz CT molecular complexity index is 728. The lowest BCUT2D eigenvalue weighted by atomic mass is 9.99. The van der Waals surface area contributed by atoms with Crippen LogP contribution in [0.5, 0.6) is 0 Å². The fourth-order valence-electron chi connectivity index (χ4n) is 2.78. The summed E-state index contributed by atoms with van der Waals surface area (Å²) in [5.74, 6) is -0.219. The second-order valence-corrected chi connectivity index (χ2v) is 5.87. The van der Waals surface area contributed by atoms with E-state index < -0.39 is 0 Å². The molecule has 1 atom stereocenters. The van der Waals surface area contributed by atoms with Crippen LogP contribution >= 0.6 is 0 Å². The van der Waals surface area contributed by atoms with Crippen LogP contribution in [0.4, 0.5) is 9.18 Å². The average Bonchev–Trinajstić information content (AvgIpc) is 3.08. The lowest BCUT2D eigenvalue weighted by molar-refractivity contribution is 0.198. The number of nitrogens with one attached hydrogen (secondary N) is 1. The van der Waals surface area contributed by atoms with Gasteiger partial charge in [0, 0.05) is 24.7 Å². The normalized spacial score (nSPS) is 15.8. The predicted octanol–water partition coefficient (Wildman–Crippen LogP) is 2.30. The minimum atomic E-state index is -0.219. The monoisotopic (exact) mass is 329 g/mol. The van der Waals surface area contributed by atoms with Gasteiger partial charge in [-0.05, 0) is 25.0 Å². The Morgan fingerprint density at radius 2 is 2.25 bits per heavy atom. The van der Waals surface area contributed by atoms with Crippen molar-refractivity contribution in [3.8, 4) is 0 Å². The number of urea groups is 1. The van der Waals surface area contributed by atoms with E-state index in [1.807, 2.05) is 19.1 Å². The van der Waals surface area contributed by atoms with E-state index in [0.29, 0.717) is 31.6 Å². The molecule has 3 rings (SSSR count). The maximum atomic E-state index is 13.8. The summed E-state index contributed by atoms with van der Waals surface area (Å²) in [6.45, 7) is 3.54. The van der Waals surface area contributed by atoms with E-state index >= 15 is 0 Å². The number of carbonyl (C=O) groups is 1. The number of hydrogen-bond acceptors (Lipinski definition) is 3. The molecule has 0 aliphatic carbocycles. The zero-order valence-corrected chi connectivity index (χ0v) is 13.5. The molecular weight excluding hydrogens is 309 g/mol. The maximum absolute atomic E-state index is 13.8. The third kappa shape index (κ3) is 3.79. The van der Waals surface area contributed by atoms with Crippen molar-refractivity contribution in [2.45, 2.75) is 25.9 Å². The number of halogens is 1. The van der Waals surface area contributed by atoms with Gasteiger partial charge in [0.2, 0.25) is 0 Å². The van der Waals surface area contributed by atoms with Gasteiger partial charge in [0.1, 0.15) is 18.5 Å². The van der Waals surface area contributed by atoms with Crippen LogP contribution in [0.3, 0.4) is 0 Å². The van der Waals surface area contributed by atoms with Crippen molar-refractivity contribution in [1.82, 2.24) is 25.0 Å². The second-order valence-electron chi connectivity index (χ2n) is 5.87. The summed E-state index contributed by atoms with van der Waals surface area (Å²) in [5.41, 5.74) is 1.57. The molecule has 0 spiro atoms. The molecule has 1 aromatic heterocycles. The summed E-state index contributed by atoms with van der Waals surface area (Å²) < 4.78 is 15.5. The zero-order valence-electron chi connectivity index (χ0n) is 13.5. The number of aromatic nitrogens is 3. The maximum Gasteiger partial charge on any atom is 0.317 e. The number of hydrogen-bond donors (Lipinski definition) is 1. The second kappa shape index (κ2) is 7.25. The van der Waals surface area contributed by atoms with Crippen molar-refractivity contribution >= 4 is 11.6 Å². The van der Waals surface area contributed by atoms with Crippen molar-refractivity contribution in [3.63, 3.8) is 0 Å². The van der Waals surface area contributed by atoms with Crippen LogP contribution in [0, 0.1) is 5.82 Å². The smallest absolute Gasteiger partial charge is 0.317 e. The van der Waals surface area contributed by atoms with E-state index in [0.717, 1.165) is 5.57 Å². The molecule has 0 bridgehead atoms. The Kier molecular flexibility index (Phi) is 4.88. The molecule has 0 saturated carbocycles. The molecule has 24 heavy (non-hydrogen) atoms.